The fourth-order valence-corrected chi connectivity index (χ4v) is 2.51. The number of nitrogens with zero attached hydrogens (tertiary/aromatic N) is 4. The molecule has 0 atom stereocenters. The normalized spacial score (nSPS) is 18.0. The van der Waals surface area contributed by atoms with Gasteiger partial charge in [0.15, 0.2) is 11.6 Å². The van der Waals surface area contributed by atoms with E-state index in [0.717, 1.165) is 38.7 Å². The van der Waals surface area contributed by atoms with Gasteiger partial charge in [-0.3, -0.25) is 0 Å². The maximum atomic E-state index is 13.7. The van der Waals surface area contributed by atoms with Gasteiger partial charge in [-0.05, 0) is 31.0 Å². The first kappa shape index (κ1) is 13.5. The van der Waals surface area contributed by atoms with Crippen molar-refractivity contribution in [2.45, 2.75) is 25.8 Å². The van der Waals surface area contributed by atoms with Gasteiger partial charge in [0.05, 0.1) is 6.20 Å². The van der Waals surface area contributed by atoms with Crippen LogP contribution in [0.2, 0.25) is 5.28 Å². The highest BCUT2D eigenvalue weighted by Gasteiger charge is 2.24. The molecule has 1 aromatic heterocycles. The van der Waals surface area contributed by atoms with Crippen LogP contribution in [0.1, 0.15) is 19.8 Å². The first-order valence-electron chi connectivity index (χ1n) is 6.25. The van der Waals surface area contributed by atoms with E-state index in [2.05, 4.69) is 21.8 Å². The smallest absolute Gasteiger partial charge is 0.224 e. The summed E-state index contributed by atoms with van der Waals surface area (Å²) in [6.45, 7) is 5.33. The second-order valence-corrected chi connectivity index (χ2v) is 4.92. The molecule has 1 aliphatic rings. The van der Waals surface area contributed by atoms with E-state index in [1.54, 1.807) is 0 Å². The van der Waals surface area contributed by atoms with Gasteiger partial charge in [0.2, 0.25) is 5.28 Å². The molecule has 0 amide bonds. The van der Waals surface area contributed by atoms with E-state index in [4.69, 9.17) is 11.6 Å². The predicted octanol–water partition coefficient (Wildman–Crippen LogP) is 2.19. The van der Waals surface area contributed by atoms with Gasteiger partial charge in [-0.1, -0.05) is 6.92 Å². The van der Waals surface area contributed by atoms with Gasteiger partial charge >= 0.3 is 0 Å². The molecular formula is C12H18ClFN4. The number of hydrogen-bond donors (Lipinski definition) is 0. The Morgan fingerprint density at radius 2 is 2.17 bits per heavy atom. The molecule has 4 nitrogen and oxygen atoms in total. The number of hydrogen-bond acceptors (Lipinski definition) is 4. The van der Waals surface area contributed by atoms with Gasteiger partial charge in [-0.15, -0.1) is 0 Å². The average Bonchev–Trinajstić information content (AvgIpc) is 2.41. The van der Waals surface area contributed by atoms with E-state index in [0.29, 0.717) is 11.9 Å². The predicted molar refractivity (Wildman–Crippen MR) is 70.5 cm³/mol. The molecule has 1 aromatic rings. The van der Waals surface area contributed by atoms with Crippen LogP contribution in [-0.4, -0.2) is 47.6 Å². The van der Waals surface area contributed by atoms with Crippen LogP contribution in [0.25, 0.3) is 0 Å². The zero-order valence-corrected chi connectivity index (χ0v) is 11.5. The number of likely N-dealkylation sites (tertiary alicyclic amines) is 1. The quantitative estimate of drug-likeness (QED) is 0.790. The summed E-state index contributed by atoms with van der Waals surface area (Å²) in [7, 11) is 1.87. The fourth-order valence-electron chi connectivity index (χ4n) is 2.38. The molecule has 0 aromatic carbocycles. The Kier molecular flexibility index (Phi) is 4.35. The van der Waals surface area contributed by atoms with Crippen molar-refractivity contribution in [1.29, 1.82) is 0 Å². The van der Waals surface area contributed by atoms with Gasteiger partial charge in [0, 0.05) is 26.2 Å². The first-order valence-corrected chi connectivity index (χ1v) is 6.62. The highest BCUT2D eigenvalue weighted by atomic mass is 35.5. The third kappa shape index (κ3) is 2.90. The molecular weight excluding hydrogens is 255 g/mol. The van der Waals surface area contributed by atoms with Gasteiger partial charge in [-0.25, -0.2) is 9.37 Å². The molecule has 0 N–H and O–H groups in total. The summed E-state index contributed by atoms with van der Waals surface area (Å²) in [6, 6.07) is 0.313. The number of aromatic nitrogens is 2. The van der Waals surface area contributed by atoms with E-state index >= 15 is 0 Å². The largest absolute Gasteiger partial charge is 0.354 e. The van der Waals surface area contributed by atoms with E-state index in [1.165, 1.54) is 0 Å². The van der Waals surface area contributed by atoms with Crippen molar-refractivity contribution in [2.75, 3.05) is 31.6 Å². The van der Waals surface area contributed by atoms with Crippen LogP contribution in [-0.2, 0) is 0 Å². The van der Waals surface area contributed by atoms with Crippen LogP contribution < -0.4 is 4.90 Å². The van der Waals surface area contributed by atoms with Crippen molar-refractivity contribution in [3.63, 3.8) is 0 Å². The molecule has 0 radical (unpaired) electrons. The molecule has 2 rings (SSSR count). The summed E-state index contributed by atoms with van der Waals surface area (Å²) in [5, 5.41) is 0.0873. The maximum absolute atomic E-state index is 13.7. The molecule has 1 saturated heterocycles. The van der Waals surface area contributed by atoms with Crippen LogP contribution in [0, 0.1) is 5.82 Å². The molecule has 0 bridgehead atoms. The lowest BCUT2D eigenvalue weighted by Crippen LogP contribution is -2.43. The standard InChI is InChI=1S/C12H18ClFN4/c1-3-18-6-4-9(5-7-18)17(2)11-10(14)8-15-12(13)16-11/h8-9H,3-7H2,1-2H3. The molecule has 100 valence electrons. The van der Waals surface area contributed by atoms with Crippen LogP contribution in [0.15, 0.2) is 6.20 Å². The SMILES string of the molecule is CCN1CCC(N(C)c2nc(Cl)ncc2F)CC1. The van der Waals surface area contributed by atoms with E-state index in [1.807, 2.05) is 11.9 Å². The first-order chi connectivity index (χ1) is 8.61. The molecule has 1 fully saturated rings. The maximum Gasteiger partial charge on any atom is 0.224 e. The lowest BCUT2D eigenvalue weighted by atomic mass is 10.0. The summed E-state index contributed by atoms with van der Waals surface area (Å²) < 4.78 is 13.7. The Morgan fingerprint density at radius 1 is 1.50 bits per heavy atom. The van der Waals surface area contributed by atoms with Crippen LogP contribution >= 0.6 is 11.6 Å². The molecule has 0 spiro atoms. The monoisotopic (exact) mass is 272 g/mol. The minimum atomic E-state index is -0.417. The highest BCUT2D eigenvalue weighted by Crippen LogP contribution is 2.23. The van der Waals surface area contributed by atoms with Crippen molar-refractivity contribution in [2.24, 2.45) is 0 Å². The third-order valence-electron chi connectivity index (χ3n) is 3.58. The van der Waals surface area contributed by atoms with Gasteiger partial charge in [0.1, 0.15) is 0 Å². The second-order valence-electron chi connectivity index (χ2n) is 4.59. The summed E-state index contributed by atoms with van der Waals surface area (Å²) in [4.78, 5) is 11.9. The van der Waals surface area contributed by atoms with Gasteiger partial charge in [0.25, 0.3) is 0 Å². The second kappa shape index (κ2) is 5.80. The Balaban J connectivity index is 2.07. The number of anilines is 1. The number of piperidine rings is 1. The van der Waals surface area contributed by atoms with Crippen molar-refractivity contribution in [3.05, 3.63) is 17.3 Å². The Labute approximate surface area is 112 Å². The van der Waals surface area contributed by atoms with E-state index < -0.39 is 5.82 Å². The molecule has 18 heavy (non-hydrogen) atoms. The fraction of sp³-hybridized carbons (Fsp3) is 0.667. The molecule has 6 heteroatoms. The lowest BCUT2D eigenvalue weighted by molar-refractivity contribution is 0.220. The third-order valence-corrected chi connectivity index (χ3v) is 3.76. The highest BCUT2D eigenvalue weighted by molar-refractivity contribution is 6.28. The Bertz CT molecular complexity index is 407. The molecule has 1 aliphatic heterocycles. The van der Waals surface area contributed by atoms with Gasteiger partial charge < -0.3 is 9.80 Å². The topological polar surface area (TPSA) is 32.3 Å². The van der Waals surface area contributed by atoms with Gasteiger partial charge in [-0.2, -0.15) is 4.98 Å². The average molecular weight is 273 g/mol. The van der Waals surface area contributed by atoms with Crippen LogP contribution in [0.5, 0.6) is 0 Å². The van der Waals surface area contributed by atoms with E-state index in [-0.39, 0.29) is 5.28 Å². The minimum absolute atomic E-state index is 0.0873. The van der Waals surface area contributed by atoms with Crippen molar-refractivity contribution < 1.29 is 4.39 Å². The van der Waals surface area contributed by atoms with Crippen molar-refractivity contribution >= 4 is 17.4 Å². The van der Waals surface area contributed by atoms with Crippen molar-refractivity contribution in [1.82, 2.24) is 14.9 Å². The zero-order chi connectivity index (χ0) is 13.1. The molecule has 2 heterocycles. The Morgan fingerprint density at radius 3 is 2.78 bits per heavy atom. The van der Waals surface area contributed by atoms with E-state index in [9.17, 15) is 4.39 Å². The molecule has 0 saturated carbocycles. The minimum Gasteiger partial charge on any atom is -0.354 e. The van der Waals surface area contributed by atoms with Crippen LogP contribution in [0.3, 0.4) is 0 Å². The van der Waals surface area contributed by atoms with Crippen molar-refractivity contribution in [3.8, 4) is 0 Å². The van der Waals surface area contributed by atoms with Crippen LogP contribution in [0.4, 0.5) is 10.2 Å². The summed E-state index contributed by atoms with van der Waals surface area (Å²) in [5.74, 6) is -0.121. The summed E-state index contributed by atoms with van der Waals surface area (Å²) in [5.41, 5.74) is 0. The zero-order valence-electron chi connectivity index (χ0n) is 10.7. The summed E-state index contributed by atoms with van der Waals surface area (Å²) in [6.07, 6.45) is 3.17. The lowest BCUT2D eigenvalue weighted by Gasteiger charge is -2.36. The Hall–Kier alpha value is -0.940. The number of halogens is 2. The summed E-state index contributed by atoms with van der Waals surface area (Å²) >= 11 is 5.72. The molecule has 0 aliphatic carbocycles. The molecule has 0 unspecified atom stereocenters. The number of rotatable bonds is 3.